The molecular weight excluding hydrogens is 330 g/mol. The van der Waals surface area contributed by atoms with E-state index in [1.54, 1.807) is 6.33 Å². The van der Waals surface area contributed by atoms with E-state index in [0.29, 0.717) is 6.42 Å². The fourth-order valence-corrected chi connectivity index (χ4v) is 3.21. The van der Waals surface area contributed by atoms with Crippen LogP contribution in [0.3, 0.4) is 0 Å². The molecule has 4 aromatic rings. The zero-order chi connectivity index (χ0) is 18.3. The van der Waals surface area contributed by atoms with Crippen LogP contribution in [0.5, 0.6) is 0 Å². The van der Waals surface area contributed by atoms with Crippen LogP contribution < -0.4 is 11.1 Å². The van der Waals surface area contributed by atoms with Crippen LogP contribution in [0.25, 0.3) is 33.5 Å². The molecule has 0 aliphatic carbocycles. The highest BCUT2D eigenvalue weighted by atomic mass is 16.3. The number of aliphatic hydroxyl groups is 1. The molecule has 0 unspecified atom stereocenters. The summed E-state index contributed by atoms with van der Waals surface area (Å²) in [5.41, 5.74) is 11.1. The molecule has 0 fully saturated rings. The van der Waals surface area contributed by atoms with Crippen molar-refractivity contribution in [3.05, 3.63) is 36.3 Å². The second-order valence-electron chi connectivity index (χ2n) is 6.27. The second kappa shape index (κ2) is 6.40. The lowest BCUT2D eigenvalue weighted by molar-refractivity contribution is 0.275. The summed E-state index contributed by atoms with van der Waals surface area (Å²) in [4.78, 5) is 17.1. The van der Waals surface area contributed by atoms with Crippen molar-refractivity contribution < 1.29 is 5.11 Å². The molecule has 26 heavy (non-hydrogen) atoms. The molecule has 4 rings (SSSR count). The number of imidazole rings is 1. The molecule has 0 saturated heterocycles. The van der Waals surface area contributed by atoms with Crippen molar-refractivity contribution in [2.75, 3.05) is 19.0 Å². The van der Waals surface area contributed by atoms with Gasteiger partial charge in [0.15, 0.2) is 5.82 Å². The van der Waals surface area contributed by atoms with Crippen LogP contribution >= 0.6 is 0 Å². The molecule has 0 aromatic carbocycles. The van der Waals surface area contributed by atoms with Gasteiger partial charge in [-0.2, -0.15) is 0 Å². The van der Waals surface area contributed by atoms with Crippen LogP contribution in [-0.2, 0) is 7.05 Å². The molecule has 0 radical (unpaired) electrons. The normalized spacial score (nSPS) is 12.8. The highest BCUT2D eigenvalue weighted by molar-refractivity contribution is 6.07. The van der Waals surface area contributed by atoms with E-state index in [1.807, 2.05) is 42.9 Å². The Balaban J connectivity index is 1.87. The van der Waals surface area contributed by atoms with E-state index >= 15 is 0 Å². The maximum atomic E-state index is 9.10. The fraction of sp³-hybridized carbons (Fsp3) is 0.278. The van der Waals surface area contributed by atoms with E-state index < -0.39 is 0 Å². The standard InChI is InChI=1S/C18H21N7O/c1-20-18-15-16(25(2)9-21-15)10-8-14(23-17(10)24-18)13-5-3-4-12(22-13)11(19)6-7-26/h3-5,8-9,11,26H,6-7,19H2,1-2H3,(H2,20,23,24)/t11-/m1/s1. The van der Waals surface area contributed by atoms with Crippen LogP contribution in [-0.4, -0.2) is 43.3 Å². The van der Waals surface area contributed by atoms with Crippen molar-refractivity contribution in [3.63, 3.8) is 0 Å². The molecular formula is C18H21N7O. The van der Waals surface area contributed by atoms with Gasteiger partial charge in [0.1, 0.15) is 11.2 Å². The number of anilines is 1. The molecule has 1 atom stereocenters. The number of fused-ring (bicyclic) bond motifs is 3. The molecule has 8 nitrogen and oxygen atoms in total. The Bertz CT molecular complexity index is 1080. The van der Waals surface area contributed by atoms with Crippen LogP contribution in [0.4, 0.5) is 5.82 Å². The Labute approximate surface area is 150 Å². The lowest BCUT2D eigenvalue weighted by Crippen LogP contribution is -2.13. The SMILES string of the molecule is CNc1nc2[nH]c(-c3cccc([C@H](N)CCO)n3)cc2c2c1ncn2C. The minimum absolute atomic E-state index is 0.0364. The minimum atomic E-state index is -0.290. The molecule has 0 spiro atoms. The molecule has 5 N–H and O–H groups in total. The zero-order valence-electron chi connectivity index (χ0n) is 14.7. The smallest absolute Gasteiger partial charge is 0.156 e. The van der Waals surface area contributed by atoms with Gasteiger partial charge in [-0.25, -0.2) is 15.0 Å². The van der Waals surface area contributed by atoms with E-state index in [1.165, 1.54) is 0 Å². The third-order valence-electron chi connectivity index (χ3n) is 4.54. The summed E-state index contributed by atoms with van der Waals surface area (Å²) in [5.74, 6) is 0.730. The van der Waals surface area contributed by atoms with Gasteiger partial charge in [0.25, 0.3) is 0 Å². The van der Waals surface area contributed by atoms with E-state index in [9.17, 15) is 0 Å². The van der Waals surface area contributed by atoms with Crippen molar-refractivity contribution in [3.8, 4) is 11.4 Å². The predicted octanol–water partition coefficient (Wildman–Crippen LogP) is 1.94. The number of nitrogens with zero attached hydrogens (tertiary/aromatic N) is 4. The molecule has 8 heteroatoms. The third kappa shape index (κ3) is 2.59. The average molecular weight is 351 g/mol. The zero-order valence-corrected chi connectivity index (χ0v) is 14.7. The van der Waals surface area contributed by atoms with Gasteiger partial charge >= 0.3 is 0 Å². The molecule has 0 bridgehead atoms. The van der Waals surface area contributed by atoms with Crippen molar-refractivity contribution in [1.29, 1.82) is 0 Å². The monoisotopic (exact) mass is 351 g/mol. The highest BCUT2D eigenvalue weighted by Crippen LogP contribution is 2.31. The summed E-state index contributed by atoms with van der Waals surface area (Å²) in [5, 5.41) is 13.2. The van der Waals surface area contributed by atoms with Crippen LogP contribution in [0.1, 0.15) is 18.2 Å². The summed E-state index contributed by atoms with van der Waals surface area (Å²) in [6.07, 6.45) is 2.26. The largest absolute Gasteiger partial charge is 0.396 e. The first kappa shape index (κ1) is 16.5. The Morgan fingerprint density at radius 3 is 2.96 bits per heavy atom. The number of hydrogen-bond acceptors (Lipinski definition) is 6. The number of nitrogens with two attached hydrogens (primary N) is 1. The van der Waals surface area contributed by atoms with Gasteiger partial charge in [-0.15, -0.1) is 0 Å². The number of nitrogens with one attached hydrogen (secondary N) is 2. The van der Waals surface area contributed by atoms with Crippen molar-refractivity contribution >= 4 is 27.9 Å². The first-order valence-electron chi connectivity index (χ1n) is 8.47. The molecule has 0 aliphatic heterocycles. The van der Waals surface area contributed by atoms with Gasteiger partial charge < -0.3 is 25.7 Å². The lowest BCUT2D eigenvalue weighted by atomic mass is 10.1. The average Bonchev–Trinajstić information content (AvgIpc) is 3.25. The predicted molar refractivity (Wildman–Crippen MR) is 102 cm³/mol. The van der Waals surface area contributed by atoms with Gasteiger partial charge in [-0.05, 0) is 24.6 Å². The number of rotatable bonds is 5. The highest BCUT2D eigenvalue weighted by Gasteiger charge is 2.16. The number of hydrogen-bond donors (Lipinski definition) is 4. The Hall–Kier alpha value is -2.97. The van der Waals surface area contributed by atoms with Gasteiger partial charge in [0.2, 0.25) is 0 Å². The molecule has 0 aliphatic rings. The van der Waals surface area contributed by atoms with Gasteiger partial charge in [-0.3, -0.25) is 0 Å². The number of pyridine rings is 2. The van der Waals surface area contributed by atoms with Crippen LogP contribution in [0.15, 0.2) is 30.6 Å². The van der Waals surface area contributed by atoms with E-state index in [2.05, 4.69) is 25.3 Å². The second-order valence-corrected chi connectivity index (χ2v) is 6.27. The van der Waals surface area contributed by atoms with E-state index in [-0.39, 0.29) is 12.6 Å². The van der Waals surface area contributed by atoms with Crippen molar-refractivity contribution in [1.82, 2.24) is 24.5 Å². The van der Waals surface area contributed by atoms with Crippen molar-refractivity contribution in [2.24, 2.45) is 12.8 Å². The first-order valence-corrected chi connectivity index (χ1v) is 8.47. The molecule has 0 amide bonds. The quantitative estimate of drug-likeness (QED) is 0.436. The number of H-pyrrole nitrogens is 1. The Morgan fingerprint density at radius 1 is 1.35 bits per heavy atom. The number of aliphatic hydroxyl groups excluding tert-OH is 1. The number of aromatic amines is 1. The summed E-state index contributed by atoms with van der Waals surface area (Å²) in [7, 11) is 3.80. The third-order valence-corrected chi connectivity index (χ3v) is 4.54. The lowest BCUT2D eigenvalue weighted by Gasteiger charge is -2.10. The maximum Gasteiger partial charge on any atom is 0.156 e. The fourth-order valence-electron chi connectivity index (χ4n) is 3.21. The number of aromatic nitrogens is 5. The van der Waals surface area contributed by atoms with Crippen LogP contribution in [0.2, 0.25) is 0 Å². The van der Waals surface area contributed by atoms with Crippen LogP contribution in [0, 0.1) is 0 Å². The summed E-state index contributed by atoms with van der Waals surface area (Å²) >= 11 is 0. The first-order chi connectivity index (χ1) is 12.6. The molecule has 4 heterocycles. The van der Waals surface area contributed by atoms with Gasteiger partial charge in [0.05, 0.1) is 28.9 Å². The van der Waals surface area contributed by atoms with Crippen molar-refractivity contribution in [2.45, 2.75) is 12.5 Å². The van der Waals surface area contributed by atoms with E-state index in [0.717, 1.165) is 45.0 Å². The number of aryl methyl sites for hydroxylation is 1. The van der Waals surface area contributed by atoms with Gasteiger partial charge in [-0.1, -0.05) is 6.07 Å². The van der Waals surface area contributed by atoms with E-state index in [4.69, 9.17) is 10.8 Å². The molecule has 4 aromatic heterocycles. The van der Waals surface area contributed by atoms with Gasteiger partial charge in [0, 0.05) is 32.1 Å². The molecule has 134 valence electrons. The summed E-state index contributed by atoms with van der Waals surface area (Å²) in [6.45, 7) is 0.0364. The molecule has 0 saturated carbocycles. The topological polar surface area (TPSA) is 118 Å². The minimum Gasteiger partial charge on any atom is -0.396 e. The summed E-state index contributed by atoms with van der Waals surface area (Å²) < 4.78 is 1.98. The Morgan fingerprint density at radius 2 is 2.19 bits per heavy atom. The summed E-state index contributed by atoms with van der Waals surface area (Å²) in [6, 6.07) is 7.48. The Kier molecular flexibility index (Phi) is 4.06. The maximum absolute atomic E-state index is 9.10.